The van der Waals surface area contributed by atoms with Crippen molar-refractivity contribution in [2.45, 2.75) is 6.18 Å². The van der Waals surface area contributed by atoms with Crippen molar-refractivity contribution >= 4 is 17.4 Å². The maximum absolute atomic E-state index is 12.3. The fraction of sp³-hybridized carbons (Fsp3) is 0.0769. The largest absolute Gasteiger partial charge is 0.417 e. The van der Waals surface area contributed by atoms with E-state index < -0.39 is 17.5 Å². The van der Waals surface area contributed by atoms with Crippen LogP contribution >= 0.6 is 11.6 Å². The molecule has 0 fully saturated rings. The zero-order chi connectivity index (χ0) is 14.0. The molecule has 0 radical (unpaired) electrons. The molecule has 0 unspecified atom stereocenters. The molecule has 0 N–H and O–H groups in total. The zero-order valence-corrected chi connectivity index (χ0v) is 10.2. The third-order valence-electron chi connectivity index (χ3n) is 2.43. The minimum Gasteiger partial charge on any atom is -0.287 e. The number of ketones is 1. The van der Waals surface area contributed by atoms with Crippen LogP contribution in [0.3, 0.4) is 0 Å². The van der Waals surface area contributed by atoms with E-state index >= 15 is 0 Å². The summed E-state index contributed by atoms with van der Waals surface area (Å²) in [5, 5.41) is 0.469. The maximum atomic E-state index is 12.3. The number of hydrogen-bond donors (Lipinski definition) is 0. The van der Waals surface area contributed by atoms with Crippen LogP contribution in [0.1, 0.15) is 21.6 Å². The number of rotatable bonds is 2. The second kappa shape index (κ2) is 5.01. The number of carbonyl (C=O) groups excluding carboxylic acids is 1. The van der Waals surface area contributed by atoms with Crippen molar-refractivity contribution in [1.29, 1.82) is 0 Å². The highest BCUT2D eigenvalue weighted by Crippen LogP contribution is 2.28. The van der Waals surface area contributed by atoms with Crippen LogP contribution in [0.4, 0.5) is 13.2 Å². The summed E-state index contributed by atoms with van der Waals surface area (Å²) in [7, 11) is 0. The molecule has 0 bridgehead atoms. The lowest BCUT2D eigenvalue weighted by Gasteiger charge is -2.06. The average molecular weight is 286 g/mol. The minimum absolute atomic E-state index is 0.0460. The quantitative estimate of drug-likeness (QED) is 0.781. The van der Waals surface area contributed by atoms with Gasteiger partial charge >= 0.3 is 6.18 Å². The molecular weight excluding hydrogens is 279 g/mol. The normalized spacial score (nSPS) is 11.4. The molecule has 0 aliphatic rings. The van der Waals surface area contributed by atoms with Gasteiger partial charge in [0.15, 0.2) is 0 Å². The van der Waals surface area contributed by atoms with Crippen LogP contribution in [0.5, 0.6) is 0 Å². The Morgan fingerprint density at radius 1 is 1.05 bits per heavy atom. The van der Waals surface area contributed by atoms with E-state index in [0.717, 1.165) is 12.1 Å². The van der Waals surface area contributed by atoms with Gasteiger partial charge < -0.3 is 0 Å². The SMILES string of the molecule is O=C(c1ccc(Cl)cc1)c1ccc(C(F)(F)F)cn1. The van der Waals surface area contributed by atoms with Crippen LogP contribution in [0.25, 0.3) is 0 Å². The first-order valence-corrected chi connectivity index (χ1v) is 5.59. The monoisotopic (exact) mass is 285 g/mol. The Bertz CT molecular complexity index is 591. The molecule has 1 aromatic carbocycles. The maximum Gasteiger partial charge on any atom is 0.417 e. The fourth-order valence-electron chi connectivity index (χ4n) is 1.45. The van der Waals surface area contributed by atoms with Crippen molar-refractivity contribution in [1.82, 2.24) is 4.98 Å². The van der Waals surface area contributed by atoms with Gasteiger partial charge in [-0.2, -0.15) is 13.2 Å². The van der Waals surface area contributed by atoms with Gasteiger partial charge in [0, 0.05) is 16.8 Å². The first kappa shape index (κ1) is 13.5. The number of hydrogen-bond acceptors (Lipinski definition) is 2. The first-order chi connectivity index (χ1) is 8.88. The highest BCUT2D eigenvalue weighted by Gasteiger charge is 2.30. The van der Waals surface area contributed by atoms with Gasteiger partial charge in [-0.1, -0.05) is 11.6 Å². The smallest absolute Gasteiger partial charge is 0.287 e. The van der Waals surface area contributed by atoms with Gasteiger partial charge in [-0.15, -0.1) is 0 Å². The van der Waals surface area contributed by atoms with E-state index in [0.29, 0.717) is 16.8 Å². The predicted molar refractivity (Wildman–Crippen MR) is 64.1 cm³/mol. The first-order valence-electron chi connectivity index (χ1n) is 5.21. The third-order valence-corrected chi connectivity index (χ3v) is 2.68. The molecule has 0 amide bonds. The molecule has 19 heavy (non-hydrogen) atoms. The molecule has 0 saturated heterocycles. The van der Waals surface area contributed by atoms with Gasteiger partial charge in [-0.05, 0) is 36.4 Å². The molecule has 1 heterocycles. The summed E-state index contributed by atoms with van der Waals surface area (Å²) in [5.41, 5.74) is -0.618. The van der Waals surface area contributed by atoms with Crippen LogP contribution < -0.4 is 0 Å². The lowest BCUT2D eigenvalue weighted by atomic mass is 10.1. The van der Waals surface area contributed by atoms with Crippen molar-refractivity contribution in [2.75, 3.05) is 0 Å². The van der Waals surface area contributed by atoms with Crippen LogP contribution in [0, 0.1) is 0 Å². The topological polar surface area (TPSA) is 30.0 Å². The summed E-state index contributed by atoms with van der Waals surface area (Å²) in [6.07, 6.45) is -3.82. The Balaban J connectivity index is 2.27. The minimum atomic E-state index is -4.46. The van der Waals surface area contributed by atoms with E-state index in [1.165, 1.54) is 24.3 Å². The van der Waals surface area contributed by atoms with Gasteiger partial charge in [0.05, 0.1) is 5.56 Å². The molecule has 0 saturated carbocycles. The van der Waals surface area contributed by atoms with Crippen molar-refractivity contribution in [3.8, 4) is 0 Å². The summed E-state index contributed by atoms with van der Waals surface area (Å²) in [6, 6.07) is 7.92. The molecule has 0 aliphatic heterocycles. The van der Waals surface area contributed by atoms with Crippen molar-refractivity contribution in [2.24, 2.45) is 0 Å². The Hall–Kier alpha value is -1.88. The summed E-state index contributed by atoms with van der Waals surface area (Å²) < 4.78 is 37.0. The number of benzene rings is 1. The summed E-state index contributed by atoms with van der Waals surface area (Å²) in [6.45, 7) is 0. The second-order valence-electron chi connectivity index (χ2n) is 3.77. The van der Waals surface area contributed by atoms with Gasteiger partial charge in [-0.3, -0.25) is 9.78 Å². The molecule has 1 aromatic heterocycles. The third kappa shape index (κ3) is 3.12. The van der Waals surface area contributed by atoms with E-state index in [4.69, 9.17) is 11.6 Å². The molecule has 0 spiro atoms. The predicted octanol–water partition coefficient (Wildman–Crippen LogP) is 3.98. The number of alkyl halides is 3. The summed E-state index contributed by atoms with van der Waals surface area (Å²) >= 11 is 5.68. The Kier molecular flexibility index (Phi) is 3.57. The highest BCUT2D eigenvalue weighted by atomic mass is 35.5. The van der Waals surface area contributed by atoms with E-state index in [1.54, 1.807) is 0 Å². The lowest BCUT2D eigenvalue weighted by molar-refractivity contribution is -0.137. The Morgan fingerprint density at radius 3 is 2.16 bits per heavy atom. The number of nitrogens with zero attached hydrogens (tertiary/aromatic N) is 1. The fourth-order valence-corrected chi connectivity index (χ4v) is 1.57. The zero-order valence-electron chi connectivity index (χ0n) is 9.41. The van der Waals surface area contributed by atoms with Crippen LogP contribution in [0.15, 0.2) is 42.6 Å². The van der Waals surface area contributed by atoms with Gasteiger partial charge in [-0.25, -0.2) is 0 Å². The van der Waals surface area contributed by atoms with Crippen LogP contribution in [-0.2, 0) is 6.18 Å². The molecule has 6 heteroatoms. The lowest BCUT2D eigenvalue weighted by Crippen LogP contribution is -2.08. The van der Waals surface area contributed by atoms with Crippen LogP contribution in [-0.4, -0.2) is 10.8 Å². The molecular formula is C13H7ClF3NO. The number of carbonyl (C=O) groups is 1. The molecule has 0 atom stereocenters. The van der Waals surface area contributed by atoms with Gasteiger partial charge in [0.25, 0.3) is 0 Å². The van der Waals surface area contributed by atoms with Gasteiger partial charge in [0.1, 0.15) is 5.69 Å². The number of pyridine rings is 1. The molecule has 2 nitrogen and oxygen atoms in total. The summed E-state index contributed by atoms with van der Waals surface area (Å²) in [5.74, 6) is -0.453. The Morgan fingerprint density at radius 2 is 1.68 bits per heavy atom. The average Bonchev–Trinajstić information content (AvgIpc) is 2.38. The summed E-state index contributed by atoms with van der Waals surface area (Å²) in [4.78, 5) is 15.5. The molecule has 98 valence electrons. The van der Waals surface area contributed by atoms with E-state index in [1.807, 2.05) is 0 Å². The molecule has 2 aromatic rings. The van der Waals surface area contributed by atoms with E-state index in [9.17, 15) is 18.0 Å². The molecule has 2 rings (SSSR count). The standard InChI is InChI=1S/C13H7ClF3NO/c14-10-4-1-8(2-5-10)12(19)11-6-3-9(7-18-11)13(15,16)17/h1-7H. The second-order valence-corrected chi connectivity index (χ2v) is 4.20. The van der Waals surface area contributed by atoms with Gasteiger partial charge in [0.2, 0.25) is 5.78 Å². The highest BCUT2D eigenvalue weighted by molar-refractivity contribution is 6.30. The Labute approximate surface area is 111 Å². The van der Waals surface area contributed by atoms with Crippen LogP contribution in [0.2, 0.25) is 5.02 Å². The van der Waals surface area contributed by atoms with Crippen molar-refractivity contribution in [3.05, 3.63) is 64.4 Å². The van der Waals surface area contributed by atoms with E-state index in [2.05, 4.69) is 4.98 Å². The van der Waals surface area contributed by atoms with Crippen molar-refractivity contribution < 1.29 is 18.0 Å². The molecule has 0 aliphatic carbocycles. The van der Waals surface area contributed by atoms with E-state index in [-0.39, 0.29) is 5.69 Å². The van der Waals surface area contributed by atoms with Crippen molar-refractivity contribution in [3.63, 3.8) is 0 Å². The number of halogens is 4. The number of aromatic nitrogens is 1.